The molecule has 2 aliphatic heterocycles. The van der Waals surface area contributed by atoms with Gasteiger partial charge in [-0.25, -0.2) is 0 Å². The van der Waals surface area contributed by atoms with Gasteiger partial charge in [0.25, 0.3) is 11.7 Å². The van der Waals surface area contributed by atoms with Gasteiger partial charge in [-0.2, -0.15) is 0 Å². The van der Waals surface area contributed by atoms with Crippen LogP contribution in [0.15, 0.2) is 42.0 Å². The van der Waals surface area contributed by atoms with E-state index in [4.69, 9.17) is 30.5 Å². The molecule has 1 atom stereocenters. The number of aliphatic hydroxyl groups is 1. The molecule has 10 heteroatoms. The van der Waals surface area contributed by atoms with Crippen molar-refractivity contribution < 1.29 is 33.6 Å². The molecule has 2 heterocycles. The molecule has 1 N–H and O–H groups in total. The largest absolute Gasteiger partial charge is 0.507 e. The van der Waals surface area contributed by atoms with Crippen LogP contribution >= 0.6 is 11.6 Å². The molecule has 9 nitrogen and oxygen atoms in total. The molecule has 2 saturated heterocycles. The number of likely N-dealkylation sites (tertiary alicyclic amines) is 1. The highest BCUT2D eigenvalue weighted by atomic mass is 35.5. The zero-order valence-corrected chi connectivity index (χ0v) is 21.9. The molecule has 2 aromatic rings. The molecule has 0 saturated carbocycles. The van der Waals surface area contributed by atoms with Crippen molar-refractivity contribution >= 4 is 29.1 Å². The first-order valence-corrected chi connectivity index (χ1v) is 12.4. The molecule has 0 bridgehead atoms. The first kappa shape index (κ1) is 26.8. The van der Waals surface area contributed by atoms with Crippen molar-refractivity contribution in [3.63, 3.8) is 0 Å². The molecule has 0 aromatic heterocycles. The number of carbonyl (C=O) groups is 2. The first-order chi connectivity index (χ1) is 17.9. The Morgan fingerprint density at radius 3 is 2.19 bits per heavy atom. The van der Waals surface area contributed by atoms with Crippen LogP contribution in [0.2, 0.25) is 5.02 Å². The summed E-state index contributed by atoms with van der Waals surface area (Å²) in [4.78, 5) is 30.4. The molecule has 0 radical (unpaired) electrons. The highest BCUT2D eigenvalue weighted by Crippen LogP contribution is 2.45. The van der Waals surface area contributed by atoms with Gasteiger partial charge in [0.15, 0.2) is 11.5 Å². The summed E-state index contributed by atoms with van der Waals surface area (Å²) in [6.45, 7) is 4.08. The molecular formula is C27H31ClN2O7. The Balaban J connectivity index is 1.77. The monoisotopic (exact) mass is 530 g/mol. The Bertz CT molecular complexity index is 1150. The number of Topliss-reactive ketones (excluding diaryl/α,β-unsaturated/α-hetero) is 1. The minimum Gasteiger partial charge on any atom is -0.507 e. The third-order valence-corrected chi connectivity index (χ3v) is 6.89. The predicted octanol–water partition coefficient (Wildman–Crippen LogP) is 3.51. The fraction of sp³-hybridized carbons (Fsp3) is 0.407. The molecule has 198 valence electrons. The zero-order chi connectivity index (χ0) is 26.5. The first-order valence-electron chi connectivity index (χ1n) is 12.0. The van der Waals surface area contributed by atoms with Gasteiger partial charge in [-0.15, -0.1) is 0 Å². The fourth-order valence-corrected chi connectivity index (χ4v) is 4.90. The number of carbonyl (C=O) groups excluding carboxylic acids is 2. The summed E-state index contributed by atoms with van der Waals surface area (Å²) >= 11 is 6.01. The van der Waals surface area contributed by atoms with Crippen LogP contribution in [0.4, 0.5) is 0 Å². The van der Waals surface area contributed by atoms with Gasteiger partial charge in [0.1, 0.15) is 5.76 Å². The van der Waals surface area contributed by atoms with E-state index in [1.165, 1.54) is 26.2 Å². The average Bonchev–Trinajstić information content (AvgIpc) is 3.17. The van der Waals surface area contributed by atoms with E-state index in [-0.39, 0.29) is 11.3 Å². The number of ketones is 1. The van der Waals surface area contributed by atoms with Crippen LogP contribution in [-0.2, 0) is 14.3 Å². The Labute approximate surface area is 221 Å². The molecule has 37 heavy (non-hydrogen) atoms. The number of nitrogens with zero attached hydrogens (tertiary/aromatic N) is 2. The van der Waals surface area contributed by atoms with Crippen LogP contribution in [-0.4, -0.2) is 87.3 Å². The lowest BCUT2D eigenvalue weighted by Gasteiger charge is -2.29. The van der Waals surface area contributed by atoms with Gasteiger partial charge in [0.05, 0.1) is 46.2 Å². The molecule has 0 spiro atoms. The van der Waals surface area contributed by atoms with E-state index in [0.717, 1.165) is 19.6 Å². The third kappa shape index (κ3) is 5.53. The highest BCUT2D eigenvalue weighted by molar-refractivity contribution is 6.46. The van der Waals surface area contributed by atoms with Crippen molar-refractivity contribution in [3.8, 4) is 17.2 Å². The summed E-state index contributed by atoms with van der Waals surface area (Å²) in [5, 5.41) is 11.7. The maximum absolute atomic E-state index is 13.3. The molecule has 2 fully saturated rings. The number of hydrogen-bond acceptors (Lipinski definition) is 8. The maximum Gasteiger partial charge on any atom is 0.295 e. The Morgan fingerprint density at radius 1 is 1.00 bits per heavy atom. The second kappa shape index (κ2) is 11.9. The van der Waals surface area contributed by atoms with Crippen LogP contribution < -0.4 is 14.2 Å². The van der Waals surface area contributed by atoms with Crippen LogP contribution in [0.3, 0.4) is 0 Å². The van der Waals surface area contributed by atoms with E-state index in [1.807, 2.05) is 0 Å². The number of rotatable bonds is 9. The lowest BCUT2D eigenvalue weighted by molar-refractivity contribution is -0.140. The second-order valence-electron chi connectivity index (χ2n) is 8.77. The zero-order valence-electron chi connectivity index (χ0n) is 21.2. The summed E-state index contributed by atoms with van der Waals surface area (Å²) in [5.74, 6) is -0.557. The van der Waals surface area contributed by atoms with Crippen molar-refractivity contribution in [2.45, 2.75) is 12.5 Å². The van der Waals surface area contributed by atoms with E-state index in [2.05, 4.69) is 4.90 Å². The topological polar surface area (TPSA) is 97.8 Å². The molecule has 1 unspecified atom stereocenters. The van der Waals surface area contributed by atoms with Gasteiger partial charge < -0.3 is 29.0 Å². The number of aliphatic hydroxyl groups excluding tert-OH is 1. The number of morpholine rings is 1. The van der Waals surface area contributed by atoms with E-state index in [1.54, 1.807) is 36.4 Å². The van der Waals surface area contributed by atoms with Gasteiger partial charge in [-0.3, -0.25) is 14.5 Å². The average molecular weight is 531 g/mol. The minimum absolute atomic E-state index is 0.00651. The molecule has 1 amide bonds. The summed E-state index contributed by atoms with van der Waals surface area (Å²) in [5.41, 5.74) is 0.928. The number of amides is 1. The Kier molecular flexibility index (Phi) is 8.58. The number of hydrogen-bond donors (Lipinski definition) is 1. The van der Waals surface area contributed by atoms with Gasteiger partial charge in [-0.1, -0.05) is 11.6 Å². The van der Waals surface area contributed by atoms with Crippen molar-refractivity contribution in [3.05, 3.63) is 58.1 Å². The fourth-order valence-electron chi connectivity index (χ4n) is 4.77. The number of halogens is 1. The normalized spacial score (nSPS) is 19.8. The molecule has 4 rings (SSSR count). The van der Waals surface area contributed by atoms with Crippen molar-refractivity contribution in [2.24, 2.45) is 0 Å². The molecule has 2 aliphatic rings. The van der Waals surface area contributed by atoms with E-state index in [9.17, 15) is 14.7 Å². The van der Waals surface area contributed by atoms with Crippen LogP contribution in [0, 0.1) is 0 Å². The minimum atomic E-state index is -0.853. The summed E-state index contributed by atoms with van der Waals surface area (Å²) < 4.78 is 21.9. The summed E-state index contributed by atoms with van der Waals surface area (Å²) in [6, 6.07) is 8.98. The highest BCUT2D eigenvalue weighted by Gasteiger charge is 2.46. The second-order valence-corrected chi connectivity index (χ2v) is 9.20. The van der Waals surface area contributed by atoms with Crippen LogP contribution in [0.25, 0.3) is 5.76 Å². The molecular weight excluding hydrogens is 500 g/mol. The number of ether oxygens (including phenoxy) is 4. The molecule has 0 aliphatic carbocycles. The maximum atomic E-state index is 13.3. The van der Waals surface area contributed by atoms with E-state index < -0.39 is 17.7 Å². The van der Waals surface area contributed by atoms with Crippen molar-refractivity contribution in [2.75, 3.05) is 60.7 Å². The lowest BCUT2D eigenvalue weighted by atomic mass is 9.94. The van der Waals surface area contributed by atoms with Gasteiger partial charge in [0.2, 0.25) is 5.75 Å². The van der Waals surface area contributed by atoms with E-state index in [0.29, 0.717) is 59.6 Å². The number of benzene rings is 2. The smallest absolute Gasteiger partial charge is 0.295 e. The number of methoxy groups -OCH3 is 3. The SMILES string of the molecule is COc1cc(C2/C(=C(/O)c3ccc(Cl)cc3)C(=O)C(=O)N2CCCN2CCOCC2)cc(OC)c1OC. The lowest BCUT2D eigenvalue weighted by Crippen LogP contribution is -2.39. The Morgan fingerprint density at radius 2 is 1.62 bits per heavy atom. The van der Waals surface area contributed by atoms with E-state index >= 15 is 0 Å². The van der Waals surface area contributed by atoms with Crippen molar-refractivity contribution in [1.82, 2.24) is 9.80 Å². The Hall–Kier alpha value is -3.27. The van der Waals surface area contributed by atoms with Gasteiger partial charge >= 0.3 is 0 Å². The summed E-state index contributed by atoms with van der Waals surface area (Å²) in [7, 11) is 4.49. The van der Waals surface area contributed by atoms with Crippen LogP contribution in [0.5, 0.6) is 17.2 Å². The van der Waals surface area contributed by atoms with Crippen LogP contribution in [0.1, 0.15) is 23.6 Å². The van der Waals surface area contributed by atoms with Gasteiger partial charge in [-0.05, 0) is 48.4 Å². The standard InChI is InChI=1S/C27H31ClN2O7/c1-34-20-15-18(16-21(35-2)26(20)36-3)23-22(24(31)17-5-7-19(28)8-6-17)25(32)27(33)30(23)10-4-9-29-11-13-37-14-12-29/h5-8,15-16,23,31H,4,9-14H2,1-3H3/b24-22-. The third-order valence-electron chi connectivity index (χ3n) is 6.64. The quantitative estimate of drug-likeness (QED) is 0.299. The predicted molar refractivity (Wildman–Crippen MR) is 138 cm³/mol. The molecule has 2 aromatic carbocycles. The van der Waals surface area contributed by atoms with Gasteiger partial charge in [0, 0.05) is 36.8 Å². The van der Waals surface area contributed by atoms with Crippen molar-refractivity contribution in [1.29, 1.82) is 0 Å². The summed E-state index contributed by atoms with van der Waals surface area (Å²) in [6.07, 6.45) is 0.648.